The molecule has 11 bridgehead atoms. The molecule has 0 radical (unpaired) electrons. The molecule has 8 aliphatic heterocycles. The number of fused-ring (bicyclic) bond motifs is 15. The maximum atomic E-state index is 16.6. The number of ether oxygens (including phenoxy) is 8. The predicted molar refractivity (Wildman–Crippen MR) is 440 cm³/mol. The summed E-state index contributed by atoms with van der Waals surface area (Å²) < 4.78 is 65.6. The molecule has 21 N–H and O–H groups in total. The summed E-state index contributed by atoms with van der Waals surface area (Å²) in [6.07, 6.45) is -29.9. The van der Waals surface area contributed by atoms with E-state index in [9.17, 15) is 80.1 Å². The molecule has 2 unspecified atom stereocenters. The number of halogens is 3. The zero-order valence-corrected chi connectivity index (χ0v) is 70.0. The van der Waals surface area contributed by atoms with Gasteiger partial charge in [0, 0.05) is 63.7 Å². The summed E-state index contributed by atoms with van der Waals surface area (Å²) in [6.45, 7) is 5.48. The second-order valence-corrected chi connectivity index (χ2v) is 34.6. The molecule has 670 valence electrons. The lowest BCUT2D eigenvalue weighted by atomic mass is 9.84. The van der Waals surface area contributed by atoms with Crippen LogP contribution in [0.4, 0.5) is 4.39 Å². The van der Waals surface area contributed by atoms with E-state index in [1.165, 1.54) is 68.6 Å². The number of phenols is 3. The summed E-state index contributed by atoms with van der Waals surface area (Å²) in [5, 5.41) is 152. The quantitative estimate of drug-likeness (QED) is 0.0487. The summed E-state index contributed by atoms with van der Waals surface area (Å²) in [6, 6.07) is 14.1. The molecule has 8 aliphatic rings. The molecule has 0 aliphatic carbocycles. The van der Waals surface area contributed by atoms with Gasteiger partial charge in [0.25, 0.3) is 0 Å². The molecule has 3 fully saturated rings. The van der Waals surface area contributed by atoms with Gasteiger partial charge in [0.2, 0.25) is 41.6 Å². The molecule has 0 saturated carbocycles. The van der Waals surface area contributed by atoms with Gasteiger partial charge in [0.05, 0.1) is 52.8 Å². The minimum Gasteiger partial charge on any atom is -0.508 e. The van der Waals surface area contributed by atoms with Crippen LogP contribution in [0.15, 0.2) is 115 Å². The van der Waals surface area contributed by atoms with Gasteiger partial charge < -0.3 is 137 Å². The van der Waals surface area contributed by atoms with Crippen molar-refractivity contribution in [2.24, 2.45) is 23.3 Å². The molecule has 35 nitrogen and oxygen atoms in total. The summed E-state index contributed by atoms with van der Waals surface area (Å²) in [7, 11) is 1.48. The van der Waals surface area contributed by atoms with Crippen LogP contribution in [0, 0.1) is 17.7 Å². The van der Waals surface area contributed by atoms with Crippen molar-refractivity contribution in [3.63, 3.8) is 0 Å². The molecule has 3 saturated heterocycles. The molecule has 0 spiro atoms. The monoisotopic (exact) mass is 1800 g/mol. The van der Waals surface area contributed by atoms with Crippen LogP contribution in [0.5, 0.6) is 46.0 Å². The number of amides is 5. The number of rotatable bonds is 20. The second-order valence-electron chi connectivity index (χ2n) is 32.6. The number of Topliss-reactive ketones (excluding diaryl/α,β-unsaturated/α-hetero) is 2. The Bertz CT molecular complexity index is 5240. The normalized spacial score (nSPS) is 29.9. The van der Waals surface area contributed by atoms with Gasteiger partial charge in [0.15, 0.2) is 41.7 Å². The van der Waals surface area contributed by atoms with Crippen LogP contribution < -0.4 is 52.3 Å². The number of nitrogens with two attached hydrogens (primary N) is 2. The van der Waals surface area contributed by atoms with Gasteiger partial charge in [-0.25, -0.2) is 9.18 Å². The molecule has 6 aromatic carbocycles. The number of phenolic OH excluding ortho intramolecular Hbond substituents is 3. The Morgan fingerprint density at radius 2 is 1.38 bits per heavy atom. The van der Waals surface area contributed by atoms with Gasteiger partial charge in [-0.3, -0.25) is 33.6 Å². The first-order chi connectivity index (χ1) is 59.3. The number of carboxylic acid groups (broad SMARTS) is 1. The minimum atomic E-state index is -2.35. The summed E-state index contributed by atoms with van der Waals surface area (Å²) in [4.78, 5) is 122. The number of aliphatic hydroxyl groups is 8. The number of aliphatic carboxylic acids is 1. The molecular formula is C86H96Cl2FN7O28S. The van der Waals surface area contributed by atoms with Crippen LogP contribution in [0.2, 0.25) is 10.0 Å². The standard InChI is InChI=1S/C86H96Cl2FN7O28S/c1-34(2)20-50(92-5)81(113)95-67-53(101)25-41(28-62(90)103)79(111)93-65-40-26-58(118-55-17-13-38(69(67)104)23-48(55)87)76(123-85-74(109)72(107)77(60(33-97)121-85)124-84-73(108)71(106)70(105)57(120-84)11-7-10-44-15-19-61(125-44)37-8-6-9-42(89)21-37)59(27-40)119-56-18-14-39(24-49(56)88)75(122-63-32-86(4,91)78(110)35(3)117-63)68-82(114)94-66(83(115)116)47-29-43(98)30-52(100)64(47)46-22-36(12-16-51(46)99)45(31-54(65)102)80(112)96-68/h6,8-9,12-19,21-24,26-27,29-30,34-35,41,45,50,57,60,63,65-75,77-78,84-85,92,97-100,104-110H,7,10-11,20,25,28,31-33,91H2,1-5H3,(H2,90,103)(H,93,111)(H,94,114)(H,95,113)(H,96,112)(H,115,116)/t35-,41+,45-,50+,57+,60+,63?,65+,66-,67?,68-,69+,70-,71-,72+,73+,74+,75+,77+,78-,84-,85-,86-/m0/s1. The van der Waals surface area contributed by atoms with Gasteiger partial charge in [-0.2, -0.15) is 0 Å². The fraction of sp³-hybridized carbons (Fsp3) is 0.442. The van der Waals surface area contributed by atoms with Gasteiger partial charge >= 0.3 is 5.97 Å². The average molecular weight is 1800 g/mol. The molecule has 7 aromatic rings. The van der Waals surface area contributed by atoms with Crippen LogP contribution in [0.25, 0.3) is 21.6 Å². The number of benzene rings is 6. The number of aromatic hydroxyl groups is 3. The number of ketones is 2. The van der Waals surface area contributed by atoms with Crippen molar-refractivity contribution < 1.29 is 142 Å². The lowest BCUT2D eigenvalue weighted by molar-refractivity contribution is -0.351. The Hall–Kier alpha value is -10.1. The SMILES string of the molecule is CN[C@H](CC(C)C)C(=O)NC1C(=O)C[C@H](CC(N)=O)C(=O)N[C@H]2C(=O)C[C@@H]3C(=O)N[C@H](C(=O)N[C@H](C(=O)O)c4cc(O)cc(O)c4-c4cc3ccc4O)[C@H](OC3C[C@](C)(N)[C@@H](O)[C@H](C)O3)c3ccc(c(Cl)c3)Oc3cc2cc(c3O[C@@H]2O[C@H](CO)[C@@H](O[C@@H]3O[C@H](CCCc4ccc(-c5cccc(F)c5)s4)[C@H](O)[C@H](O)[C@H]3O)[C@H](O)[C@H]2O)Oc2ccc(cc2Cl)[C@H]1O. The second kappa shape index (κ2) is 38.6. The van der Waals surface area contributed by atoms with E-state index in [0.717, 1.165) is 64.4 Å². The number of thiophene rings is 1. The predicted octanol–water partition coefficient (Wildman–Crippen LogP) is 4.80. The van der Waals surface area contributed by atoms with E-state index < -0.39 is 286 Å². The van der Waals surface area contributed by atoms with E-state index >= 15 is 24.0 Å². The van der Waals surface area contributed by atoms with Crippen molar-refractivity contribution in [1.82, 2.24) is 26.6 Å². The zero-order chi connectivity index (χ0) is 90.2. The first-order valence-corrected chi connectivity index (χ1v) is 41.8. The molecule has 1 aromatic heterocycles. The highest BCUT2D eigenvalue weighted by Crippen LogP contribution is 2.51. The third-order valence-electron chi connectivity index (χ3n) is 23.0. The molecule has 9 heterocycles. The highest BCUT2D eigenvalue weighted by atomic mass is 35.5. The first kappa shape index (κ1) is 92.6. The number of aryl methyl sites for hydroxylation is 1. The van der Waals surface area contributed by atoms with Crippen molar-refractivity contribution in [1.29, 1.82) is 0 Å². The van der Waals surface area contributed by atoms with E-state index in [-0.39, 0.29) is 52.6 Å². The smallest absolute Gasteiger partial charge is 0.330 e. The molecule has 125 heavy (non-hydrogen) atoms. The van der Waals surface area contributed by atoms with E-state index in [1.54, 1.807) is 12.1 Å². The Morgan fingerprint density at radius 3 is 2.02 bits per heavy atom. The summed E-state index contributed by atoms with van der Waals surface area (Å²) >= 11 is 15.9. The summed E-state index contributed by atoms with van der Waals surface area (Å²) in [5.74, 6) is -19.8. The maximum Gasteiger partial charge on any atom is 0.330 e. The Labute approximate surface area is 727 Å². The highest BCUT2D eigenvalue weighted by molar-refractivity contribution is 7.15. The number of primary amides is 1. The number of carboxylic acids is 1. The topological polar surface area (TPSA) is 565 Å². The molecule has 39 heteroatoms. The first-order valence-electron chi connectivity index (χ1n) is 40.2. The number of hydrogen-bond acceptors (Lipinski definition) is 30. The van der Waals surface area contributed by atoms with Crippen molar-refractivity contribution in [3.05, 3.63) is 164 Å². The van der Waals surface area contributed by atoms with E-state index in [1.807, 2.05) is 26.0 Å². The van der Waals surface area contributed by atoms with E-state index in [2.05, 4.69) is 26.6 Å². The van der Waals surface area contributed by atoms with Gasteiger partial charge in [-0.15, -0.1) is 11.3 Å². The van der Waals surface area contributed by atoms with Crippen LogP contribution >= 0.6 is 34.5 Å². The maximum absolute atomic E-state index is 16.6. The van der Waals surface area contributed by atoms with Crippen LogP contribution in [0.3, 0.4) is 0 Å². The van der Waals surface area contributed by atoms with Crippen molar-refractivity contribution in [3.8, 4) is 67.6 Å². The van der Waals surface area contributed by atoms with Crippen LogP contribution in [-0.2, 0) is 68.5 Å². The molecule has 5 amide bonds. The number of likely N-dealkylation sites (N-methyl/N-ethyl adjacent to an activating group) is 1. The third-order valence-corrected chi connectivity index (χ3v) is 24.8. The van der Waals surface area contributed by atoms with Gasteiger partial charge in [-0.1, -0.05) is 67.4 Å². The van der Waals surface area contributed by atoms with Gasteiger partial charge in [0.1, 0.15) is 108 Å². The lowest BCUT2D eigenvalue weighted by Crippen LogP contribution is -2.64. The number of aliphatic hydroxyl groups excluding tert-OH is 8. The molecular weight excluding hydrogens is 1700 g/mol. The average Bonchev–Trinajstić information content (AvgIpc) is 0.882. The summed E-state index contributed by atoms with van der Waals surface area (Å²) in [5.41, 5.74) is 9.11. The fourth-order valence-corrected chi connectivity index (χ4v) is 17.9. The van der Waals surface area contributed by atoms with E-state index in [4.69, 9.17) is 72.6 Å². The zero-order valence-electron chi connectivity index (χ0n) is 67.7. The lowest BCUT2D eigenvalue weighted by Gasteiger charge is -2.46. The highest BCUT2D eigenvalue weighted by Gasteiger charge is 2.53. The molecule has 15 rings (SSSR count). The number of carbonyl (C=O) groups is 8. The van der Waals surface area contributed by atoms with E-state index in [0.29, 0.717) is 18.4 Å². The van der Waals surface area contributed by atoms with Crippen molar-refractivity contribution in [2.75, 3.05) is 13.7 Å². The number of nitrogens with one attached hydrogen (secondary N) is 5. The van der Waals surface area contributed by atoms with Crippen LogP contribution in [-0.4, -0.2) is 226 Å². The Morgan fingerprint density at radius 1 is 0.704 bits per heavy atom. The molecule has 23 atom stereocenters. The van der Waals surface area contributed by atoms with Crippen molar-refractivity contribution >= 4 is 81.6 Å². The largest absolute Gasteiger partial charge is 0.508 e. The Kier molecular flexibility index (Phi) is 28.6. The Balaban J connectivity index is 0.968. The number of carbonyl (C=O) groups excluding carboxylic acids is 7. The third kappa shape index (κ3) is 20.3. The minimum absolute atomic E-state index is 0.0498. The van der Waals surface area contributed by atoms with Crippen LogP contribution in [0.1, 0.15) is 136 Å². The van der Waals surface area contributed by atoms with Crippen molar-refractivity contribution in [2.45, 2.75) is 213 Å². The van der Waals surface area contributed by atoms with Gasteiger partial charge in [-0.05, 0) is 159 Å². The fourth-order valence-electron chi connectivity index (χ4n) is 16.4. The number of hydrogen-bond donors (Lipinski definition) is 19.